The Kier molecular flexibility index (Phi) is 3.20. The SMILES string of the molecule is CC1CCN(c2nncc3ccccc23)C1CBr. The van der Waals surface area contributed by atoms with Gasteiger partial charge in [0.05, 0.1) is 6.20 Å². The van der Waals surface area contributed by atoms with Crippen LogP contribution < -0.4 is 4.90 Å². The lowest BCUT2D eigenvalue weighted by atomic mass is 10.1. The molecule has 1 aromatic carbocycles. The smallest absolute Gasteiger partial charge is 0.159 e. The molecule has 0 saturated carbocycles. The number of hydrogen-bond donors (Lipinski definition) is 0. The average molecular weight is 306 g/mol. The van der Waals surface area contributed by atoms with Crippen molar-refractivity contribution in [2.45, 2.75) is 19.4 Å². The molecule has 2 aromatic rings. The molecule has 1 saturated heterocycles. The lowest BCUT2D eigenvalue weighted by Crippen LogP contribution is -2.34. The number of hydrogen-bond acceptors (Lipinski definition) is 3. The van der Waals surface area contributed by atoms with E-state index in [-0.39, 0.29) is 0 Å². The average Bonchev–Trinajstić information content (AvgIpc) is 2.79. The maximum Gasteiger partial charge on any atom is 0.159 e. The third-order valence-corrected chi connectivity index (χ3v) is 4.53. The van der Waals surface area contributed by atoms with Crippen LogP contribution in [-0.4, -0.2) is 28.1 Å². The van der Waals surface area contributed by atoms with Gasteiger partial charge in [-0.1, -0.05) is 47.1 Å². The van der Waals surface area contributed by atoms with Crippen molar-refractivity contribution in [3.8, 4) is 0 Å². The van der Waals surface area contributed by atoms with Gasteiger partial charge in [0.15, 0.2) is 5.82 Å². The normalized spacial score (nSPS) is 23.8. The molecule has 1 aliphatic heterocycles. The molecule has 18 heavy (non-hydrogen) atoms. The molecule has 4 heteroatoms. The summed E-state index contributed by atoms with van der Waals surface area (Å²) in [4.78, 5) is 2.40. The molecule has 0 bridgehead atoms. The van der Waals surface area contributed by atoms with Crippen molar-refractivity contribution in [1.82, 2.24) is 10.2 Å². The monoisotopic (exact) mass is 305 g/mol. The van der Waals surface area contributed by atoms with E-state index in [9.17, 15) is 0 Å². The summed E-state index contributed by atoms with van der Waals surface area (Å²) in [7, 11) is 0. The molecule has 1 aromatic heterocycles. The van der Waals surface area contributed by atoms with Gasteiger partial charge in [-0.25, -0.2) is 0 Å². The molecule has 94 valence electrons. The largest absolute Gasteiger partial charge is 0.351 e. The Morgan fingerprint density at radius 3 is 3.06 bits per heavy atom. The quantitative estimate of drug-likeness (QED) is 0.798. The van der Waals surface area contributed by atoms with Crippen LogP contribution in [0.2, 0.25) is 0 Å². The van der Waals surface area contributed by atoms with E-state index in [1.165, 1.54) is 11.8 Å². The summed E-state index contributed by atoms with van der Waals surface area (Å²) in [5, 5.41) is 11.9. The van der Waals surface area contributed by atoms with E-state index < -0.39 is 0 Å². The van der Waals surface area contributed by atoms with Crippen LogP contribution in [0.4, 0.5) is 5.82 Å². The first-order valence-corrected chi connectivity index (χ1v) is 7.46. The van der Waals surface area contributed by atoms with Crippen molar-refractivity contribution in [3.05, 3.63) is 30.5 Å². The molecule has 0 N–H and O–H groups in total. The molecule has 0 spiro atoms. The van der Waals surface area contributed by atoms with E-state index in [2.05, 4.69) is 56.2 Å². The maximum atomic E-state index is 4.38. The zero-order chi connectivity index (χ0) is 12.5. The number of halogens is 1. The van der Waals surface area contributed by atoms with Crippen LogP contribution >= 0.6 is 15.9 Å². The molecular weight excluding hydrogens is 290 g/mol. The maximum absolute atomic E-state index is 4.38. The van der Waals surface area contributed by atoms with Crippen molar-refractivity contribution in [2.75, 3.05) is 16.8 Å². The van der Waals surface area contributed by atoms with E-state index in [0.717, 1.165) is 23.1 Å². The van der Waals surface area contributed by atoms with Gasteiger partial charge in [-0.15, -0.1) is 5.10 Å². The second-order valence-corrected chi connectivity index (χ2v) is 5.58. The predicted octanol–water partition coefficient (Wildman–Crippen LogP) is 3.24. The van der Waals surface area contributed by atoms with Gasteiger partial charge in [0.1, 0.15) is 0 Å². The van der Waals surface area contributed by atoms with E-state index >= 15 is 0 Å². The topological polar surface area (TPSA) is 29.0 Å². The second kappa shape index (κ2) is 4.84. The summed E-state index contributed by atoms with van der Waals surface area (Å²) in [5.74, 6) is 1.73. The van der Waals surface area contributed by atoms with Crippen molar-refractivity contribution in [3.63, 3.8) is 0 Å². The molecule has 1 aliphatic rings. The molecule has 1 fully saturated rings. The Balaban J connectivity index is 2.09. The van der Waals surface area contributed by atoms with Crippen LogP contribution in [-0.2, 0) is 0 Å². The van der Waals surface area contributed by atoms with Gasteiger partial charge in [-0.3, -0.25) is 0 Å². The lowest BCUT2D eigenvalue weighted by Gasteiger charge is -2.26. The number of anilines is 1. The zero-order valence-electron chi connectivity index (χ0n) is 10.4. The zero-order valence-corrected chi connectivity index (χ0v) is 12.0. The highest BCUT2D eigenvalue weighted by atomic mass is 79.9. The summed E-state index contributed by atoms with van der Waals surface area (Å²) in [5.41, 5.74) is 0. The van der Waals surface area contributed by atoms with Gasteiger partial charge in [-0.2, -0.15) is 5.10 Å². The van der Waals surface area contributed by atoms with Gasteiger partial charge in [-0.05, 0) is 12.3 Å². The summed E-state index contributed by atoms with van der Waals surface area (Å²) < 4.78 is 0. The van der Waals surface area contributed by atoms with E-state index in [0.29, 0.717) is 12.0 Å². The van der Waals surface area contributed by atoms with Crippen LogP contribution in [0.5, 0.6) is 0 Å². The number of nitrogens with zero attached hydrogens (tertiary/aromatic N) is 3. The summed E-state index contributed by atoms with van der Waals surface area (Å²) in [6.45, 7) is 3.38. The van der Waals surface area contributed by atoms with Crippen LogP contribution in [0.1, 0.15) is 13.3 Å². The van der Waals surface area contributed by atoms with E-state index in [1.807, 2.05) is 12.3 Å². The molecule has 2 unspecified atom stereocenters. The van der Waals surface area contributed by atoms with Crippen molar-refractivity contribution in [2.24, 2.45) is 5.92 Å². The van der Waals surface area contributed by atoms with Gasteiger partial charge in [0.2, 0.25) is 0 Å². The molecule has 3 rings (SSSR count). The minimum atomic E-state index is 0.519. The van der Waals surface area contributed by atoms with Crippen molar-refractivity contribution in [1.29, 1.82) is 0 Å². The Morgan fingerprint density at radius 2 is 2.22 bits per heavy atom. The number of fused-ring (bicyclic) bond motifs is 1. The second-order valence-electron chi connectivity index (χ2n) is 4.94. The summed E-state index contributed by atoms with van der Waals surface area (Å²) >= 11 is 3.63. The Labute approximate surface area is 115 Å². The minimum Gasteiger partial charge on any atom is -0.351 e. The fraction of sp³-hybridized carbons (Fsp3) is 0.429. The van der Waals surface area contributed by atoms with Crippen LogP contribution in [0.15, 0.2) is 30.5 Å². The van der Waals surface area contributed by atoms with Crippen LogP contribution in [0, 0.1) is 5.92 Å². The predicted molar refractivity (Wildman–Crippen MR) is 78.2 cm³/mol. The fourth-order valence-corrected chi connectivity index (χ4v) is 3.72. The van der Waals surface area contributed by atoms with Crippen molar-refractivity contribution >= 4 is 32.5 Å². The molecule has 0 radical (unpaired) electrons. The standard InChI is InChI=1S/C14H16BrN3/c1-10-6-7-18(13(10)8-15)14-12-5-3-2-4-11(12)9-16-17-14/h2-5,9-10,13H,6-8H2,1H3. The third-order valence-electron chi connectivity index (χ3n) is 3.86. The van der Waals surface area contributed by atoms with Gasteiger partial charge >= 0.3 is 0 Å². The molecule has 2 heterocycles. The van der Waals surface area contributed by atoms with Crippen LogP contribution in [0.25, 0.3) is 10.8 Å². The van der Waals surface area contributed by atoms with E-state index in [4.69, 9.17) is 0 Å². The summed E-state index contributed by atoms with van der Waals surface area (Å²) in [6, 6.07) is 8.85. The number of benzene rings is 1. The molecule has 0 amide bonds. The van der Waals surface area contributed by atoms with Crippen LogP contribution in [0.3, 0.4) is 0 Å². The Morgan fingerprint density at radius 1 is 1.39 bits per heavy atom. The summed E-state index contributed by atoms with van der Waals surface area (Å²) in [6.07, 6.45) is 3.06. The number of aromatic nitrogens is 2. The van der Waals surface area contributed by atoms with Crippen molar-refractivity contribution < 1.29 is 0 Å². The highest BCUT2D eigenvalue weighted by Crippen LogP contribution is 2.33. The first-order chi connectivity index (χ1) is 8.81. The highest BCUT2D eigenvalue weighted by molar-refractivity contribution is 9.09. The van der Waals surface area contributed by atoms with E-state index in [1.54, 1.807) is 0 Å². The highest BCUT2D eigenvalue weighted by Gasteiger charge is 2.32. The lowest BCUT2D eigenvalue weighted by molar-refractivity contribution is 0.553. The Bertz CT molecular complexity index is 552. The van der Waals surface area contributed by atoms with Gasteiger partial charge in [0.25, 0.3) is 0 Å². The number of rotatable bonds is 2. The van der Waals surface area contributed by atoms with Gasteiger partial charge in [0, 0.05) is 28.7 Å². The minimum absolute atomic E-state index is 0.519. The fourth-order valence-electron chi connectivity index (χ4n) is 2.73. The number of alkyl halides is 1. The molecule has 3 nitrogen and oxygen atoms in total. The molecular formula is C14H16BrN3. The third kappa shape index (κ3) is 1.88. The first-order valence-electron chi connectivity index (χ1n) is 6.34. The molecule has 0 aliphatic carbocycles. The first kappa shape index (κ1) is 11.9. The molecule has 2 atom stereocenters. The Hall–Kier alpha value is -1.16. The van der Waals surface area contributed by atoms with Gasteiger partial charge < -0.3 is 4.90 Å².